The number of carbonyl (C=O) groups excluding carboxylic acids is 2. The SMILES string of the molecule is O=C(c1ccccc1SCC(=O)N1CCc2ccccc21)N1CCC(N2CCCC2)C1. The van der Waals surface area contributed by atoms with Gasteiger partial charge >= 0.3 is 0 Å². The second-order valence-corrected chi connectivity index (χ2v) is 9.66. The molecule has 2 aromatic carbocycles. The summed E-state index contributed by atoms with van der Waals surface area (Å²) in [5.41, 5.74) is 2.99. The zero-order valence-corrected chi connectivity index (χ0v) is 18.7. The Bertz CT molecular complexity index is 973. The Morgan fingerprint density at radius 3 is 2.58 bits per heavy atom. The van der Waals surface area contributed by atoms with Crippen molar-refractivity contribution in [3.8, 4) is 0 Å². The number of carbonyl (C=O) groups is 2. The Kier molecular flexibility index (Phi) is 6.01. The molecule has 2 amide bonds. The maximum absolute atomic E-state index is 13.3. The molecule has 1 atom stereocenters. The molecule has 6 heteroatoms. The molecule has 1 unspecified atom stereocenters. The first-order valence-electron chi connectivity index (χ1n) is 11.3. The average molecular weight is 436 g/mol. The largest absolute Gasteiger partial charge is 0.337 e. The van der Waals surface area contributed by atoms with E-state index < -0.39 is 0 Å². The number of hydrogen-bond donors (Lipinski definition) is 0. The zero-order valence-electron chi connectivity index (χ0n) is 17.8. The molecule has 3 heterocycles. The topological polar surface area (TPSA) is 43.9 Å². The van der Waals surface area contributed by atoms with Crippen LogP contribution >= 0.6 is 11.8 Å². The van der Waals surface area contributed by atoms with Crippen molar-refractivity contribution in [1.29, 1.82) is 0 Å². The van der Waals surface area contributed by atoms with E-state index in [-0.39, 0.29) is 11.8 Å². The highest BCUT2D eigenvalue weighted by atomic mass is 32.2. The molecular weight excluding hydrogens is 406 g/mol. The van der Waals surface area contributed by atoms with E-state index in [0.29, 0.717) is 11.8 Å². The van der Waals surface area contributed by atoms with Gasteiger partial charge in [0.15, 0.2) is 0 Å². The highest BCUT2D eigenvalue weighted by Gasteiger charge is 2.32. The lowest BCUT2D eigenvalue weighted by Gasteiger charge is -2.24. The molecule has 0 spiro atoms. The summed E-state index contributed by atoms with van der Waals surface area (Å²) in [5.74, 6) is 0.547. The maximum Gasteiger partial charge on any atom is 0.255 e. The van der Waals surface area contributed by atoms with Crippen LogP contribution in [0.4, 0.5) is 5.69 Å². The van der Waals surface area contributed by atoms with Gasteiger partial charge in [0.1, 0.15) is 0 Å². The van der Waals surface area contributed by atoms with Gasteiger partial charge < -0.3 is 9.80 Å². The normalized spacial score (nSPS) is 21.0. The van der Waals surface area contributed by atoms with E-state index in [0.717, 1.165) is 48.6 Å². The van der Waals surface area contributed by atoms with Gasteiger partial charge in [-0.2, -0.15) is 0 Å². The summed E-state index contributed by atoms with van der Waals surface area (Å²) in [7, 11) is 0. The lowest BCUT2D eigenvalue weighted by Crippen LogP contribution is -2.37. The third-order valence-electron chi connectivity index (χ3n) is 6.76. The predicted molar refractivity (Wildman–Crippen MR) is 125 cm³/mol. The monoisotopic (exact) mass is 435 g/mol. The van der Waals surface area contributed by atoms with Crippen molar-refractivity contribution in [2.24, 2.45) is 0 Å². The number of hydrogen-bond acceptors (Lipinski definition) is 4. The van der Waals surface area contributed by atoms with Crippen molar-refractivity contribution >= 4 is 29.3 Å². The number of thioether (sulfide) groups is 1. The van der Waals surface area contributed by atoms with Crippen LogP contribution in [0.2, 0.25) is 0 Å². The predicted octanol–water partition coefficient (Wildman–Crippen LogP) is 3.68. The average Bonchev–Trinajstić information content (AvgIpc) is 3.57. The van der Waals surface area contributed by atoms with E-state index in [4.69, 9.17) is 0 Å². The molecule has 5 nitrogen and oxygen atoms in total. The number of amides is 2. The first kappa shape index (κ1) is 20.6. The molecule has 2 saturated heterocycles. The van der Waals surface area contributed by atoms with Crippen molar-refractivity contribution in [2.45, 2.75) is 36.6 Å². The number of anilines is 1. The Labute approximate surface area is 188 Å². The van der Waals surface area contributed by atoms with Crippen LogP contribution in [0, 0.1) is 0 Å². The molecule has 0 aromatic heterocycles. The van der Waals surface area contributed by atoms with Crippen LogP contribution in [0.5, 0.6) is 0 Å². The molecule has 0 N–H and O–H groups in total. The number of likely N-dealkylation sites (tertiary alicyclic amines) is 2. The fourth-order valence-electron chi connectivity index (χ4n) is 5.09. The summed E-state index contributed by atoms with van der Waals surface area (Å²) in [5, 5.41) is 0. The number of fused-ring (bicyclic) bond motifs is 1. The maximum atomic E-state index is 13.3. The Morgan fingerprint density at radius 1 is 0.935 bits per heavy atom. The van der Waals surface area contributed by atoms with Crippen LogP contribution in [0.1, 0.15) is 35.2 Å². The summed E-state index contributed by atoms with van der Waals surface area (Å²) in [4.78, 5) is 33.5. The molecule has 162 valence electrons. The molecule has 2 aromatic rings. The van der Waals surface area contributed by atoms with Crippen molar-refractivity contribution < 1.29 is 9.59 Å². The number of para-hydroxylation sites is 1. The van der Waals surface area contributed by atoms with E-state index in [2.05, 4.69) is 11.0 Å². The lowest BCUT2D eigenvalue weighted by atomic mass is 10.2. The first-order valence-corrected chi connectivity index (χ1v) is 12.3. The van der Waals surface area contributed by atoms with Gasteiger partial charge in [0.25, 0.3) is 5.91 Å². The highest BCUT2D eigenvalue weighted by molar-refractivity contribution is 8.00. The van der Waals surface area contributed by atoms with Gasteiger partial charge in [-0.1, -0.05) is 30.3 Å². The fraction of sp³-hybridized carbons (Fsp3) is 0.440. The standard InChI is InChI=1S/C25H29N3O2S/c29-24(28-16-11-19-7-1-3-9-22(19)28)18-31-23-10-4-2-8-21(23)25(30)27-15-12-20(17-27)26-13-5-6-14-26/h1-4,7-10,20H,5-6,11-18H2. The summed E-state index contributed by atoms with van der Waals surface area (Å²) in [6.07, 6.45) is 4.53. The van der Waals surface area contributed by atoms with Crippen molar-refractivity contribution in [3.63, 3.8) is 0 Å². The van der Waals surface area contributed by atoms with E-state index in [1.807, 2.05) is 52.3 Å². The third kappa shape index (κ3) is 4.23. The molecule has 0 aliphatic carbocycles. The Morgan fingerprint density at radius 2 is 1.71 bits per heavy atom. The highest BCUT2D eigenvalue weighted by Crippen LogP contribution is 2.30. The summed E-state index contributed by atoms with van der Waals surface area (Å²) in [6, 6.07) is 16.4. The molecule has 31 heavy (non-hydrogen) atoms. The smallest absolute Gasteiger partial charge is 0.255 e. The summed E-state index contributed by atoms with van der Waals surface area (Å²) < 4.78 is 0. The zero-order chi connectivity index (χ0) is 21.2. The first-order chi connectivity index (χ1) is 15.2. The Balaban J connectivity index is 1.23. The lowest BCUT2D eigenvalue weighted by molar-refractivity contribution is -0.116. The Hall–Kier alpha value is -2.31. The van der Waals surface area contributed by atoms with Crippen LogP contribution in [0.3, 0.4) is 0 Å². The van der Waals surface area contributed by atoms with Gasteiger partial charge in [-0.15, -0.1) is 11.8 Å². The minimum Gasteiger partial charge on any atom is -0.337 e. The van der Waals surface area contributed by atoms with E-state index >= 15 is 0 Å². The van der Waals surface area contributed by atoms with Crippen LogP contribution in [0.25, 0.3) is 0 Å². The number of benzene rings is 2. The van der Waals surface area contributed by atoms with E-state index in [1.54, 1.807) is 0 Å². The minimum atomic E-state index is 0.101. The van der Waals surface area contributed by atoms with Gasteiger partial charge in [0.2, 0.25) is 5.91 Å². The fourth-order valence-corrected chi connectivity index (χ4v) is 6.01. The van der Waals surface area contributed by atoms with Gasteiger partial charge in [-0.25, -0.2) is 0 Å². The molecule has 0 radical (unpaired) electrons. The van der Waals surface area contributed by atoms with Gasteiger partial charge in [-0.05, 0) is 62.5 Å². The third-order valence-corrected chi connectivity index (χ3v) is 7.82. The number of rotatable bonds is 5. The van der Waals surface area contributed by atoms with Crippen LogP contribution in [-0.4, -0.2) is 66.1 Å². The summed E-state index contributed by atoms with van der Waals surface area (Å²) >= 11 is 1.48. The van der Waals surface area contributed by atoms with Gasteiger partial charge in [-0.3, -0.25) is 14.5 Å². The van der Waals surface area contributed by atoms with Crippen molar-refractivity contribution in [1.82, 2.24) is 9.80 Å². The summed E-state index contributed by atoms with van der Waals surface area (Å²) in [6.45, 7) is 4.72. The van der Waals surface area contributed by atoms with Crippen molar-refractivity contribution in [2.75, 3.05) is 43.4 Å². The van der Waals surface area contributed by atoms with Crippen molar-refractivity contribution in [3.05, 3.63) is 59.7 Å². The van der Waals surface area contributed by atoms with Crippen LogP contribution in [-0.2, 0) is 11.2 Å². The van der Waals surface area contributed by atoms with E-state index in [9.17, 15) is 9.59 Å². The molecule has 2 fully saturated rings. The molecule has 0 saturated carbocycles. The quantitative estimate of drug-likeness (QED) is 0.672. The molecule has 3 aliphatic rings. The molecule has 0 bridgehead atoms. The molecule has 3 aliphatic heterocycles. The van der Waals surface area contributed by atoms with Gasteiger partial charge in [0.05, 0.1) is 11.3 Å². The molecular formula is C25H29N3O2S. The van der Waals surface area contributed by atoms with Crippen LogP contribution in [0.15, 0.2) is 53.4 Å². The van der Waals surface area contributed by atoms with E-state index in [1.165, 1.54) is 43.3 Å². The number of nitrogens with zero attached hydrogens (tertiary/aromatic N) is 3. The minimum absolute atomic E-state index is 0.101. The molecule has 5 rings (SSSR count). The second-order valence-electron chi connectivity index (χ2n) is 8.65. The second kappa shape index (κ2) is 9.05. The van der Waals surface area contributed by atoms with Crippen LogP contribution < -0.4 is 4.90 Å². The van der Waals surface area contributed by atoms with Gasteiger partial charge in [0, 0.05) is 36.3 Å².